The van der Waals surface area contributed by atoms with Crippen LogP contribution in [0.15, 0.2) is 30.3 Å². The molecule has 0 bridgehead atoms. The van der Waals surface area contributed by atoms with Gasteiger partial charge in [0.15, 0.2) is 8.32 Å². The van der Waals surface area contributed by atoms with Gasteiger partial charge in [-0.25, -0.2) is 13.6 Å². The van der Waals surface area contributed by atoms with E-state index in [4.69, 9.17) is 20.8 Å². The number of hydrogen-bond donors (Lipinski definition) is 2. The van der Waals surface area contributed by atoms with Crippen molar-refractivity contribution in [1.29, 1.82) is 0 Å². The number of piperidine rings is 1. The minimum Gasteiger partial charge on any atom is -0.459 e. The number of carbonyl (C=O) groups excluding carboxylic acids is 3. The lowest BCUT2D eigenvalue weighted by atomic mass is 9.82. The average molecular weight is 760 g/mol. The Labute approximate surface area is 313 Å². The van der Waals surface area contributed by atoms with Gasteiger partial charge in [-0.15, -0.1) is 0 Å². The number of nitrogens with one attached hydrogen (secondary N) is 2. The number of benzene rings is 2. The molecule has 2 aromatic carbocycles. The van der Waals surface area contributed by atoms with Crippen LogP contribution in [0.2, 0.25) is 23.2 Å². The van der Waals surface area contributed by atoms with Crippen LogP contribution in [0.1, 0.15) is 120 Å². The fraction of sp³-hybridized carbons (Fsp3) is 0.625. The Kier molecular flexibility index (Phi) is 12.3. The lowest BCUT2D eigenvalue weighted by Crippen LogP contribution is -2.59. The zero-order valence-corrected chi connectivity index (χ0v) is 33.7. The molecule has 52 heavy (non-hydrogen) atoms. The molecule has 0 radical (unpaired) electrons. The molecule has 2 amide bonds. The first-order valence-corrected chi connectivity index (χ1v) is 22.1. The van der Waals surface area contributed by atoms with Gasteiger partial charge < -0.3 is 19.4 Å². The van der Waals surface area contributed by atoms with Crippen molar-refractivity contribution >= 4 is 37.7 Å². The number of hydrogen-bond acceptors (Lipinski definition) is 6. The molecule has 3 aliphatic rings. The Balaban J connectivity index is 1.35. The van der Waals surface area contributed by atoms with Crippen LogP contribution in [0.25, 0.3) is 0 Å². The highest BCUT2D eigenvalue weighted by Crippen LogP contribution is 2.46. The molecule has 2 N–H and O–H groups in total. The van der Waals surface area contributed by atoms with E-state index < -0.39 is 49.6 Å². The molecule has 0 spiro atoms. The van der Waals surface area contributed by atoms with Gasteiger partial charge in [0.05, 0.1) is 6.04 Å². The highest BCUT2D eigenvalue weighted by atomic mass is 35.5. The number of aryl methyl sites for hydroxylation is 1. The molecule has 1 saturated carbocycles. The lowest BCUT2D eigenvalue weighted by molar-refractivity contribution is -0.171. The Morgan fingerprint density at radius 2 is 1.79 bits per heavy atom. The van der Waals surface area contributed by atoms with E-state index >= 15 is 4.39 Å². The molecule has 2 aliphatic heterocycles. The van der Waals surface area contributed by atoms with Crippen molar-refractivity contribution in [1.82, 2.24) is 15.5 Å². The van der Waals surface area contributed by atoms with Gasteiger partial charge in [0.1, 0.15) is 17.7 Å². The van der Waals surface area contributed by atoms with Crippen LogP contribution in [0, 0.1) is 24.5 Å². The summed E-state index contributed by atoms with van der Waals surface area (Å²) in [5.41, 5.74) is 2.05. The Morgan fingerprint density at radius 1 is 1.10 bits per heavy atom. The maximum atomic E-state index is 15.4. The number of rotatable bonds is 10. The van der Waals surface area contributed by atoms with E-state index in [-0.39, 0.29) is 47.2 Å². The van der Waals surface area contributed by atoms with E-state index in [9.17, 15) is 18.8 Å². The molecule has 12 heteroatoms. The van der Waals surface area contributed by atoms with Gasteiger partial charge in [-0.2, -0.15) is 0 Å². The molecule has 2 aromatic rings. The number of carbonyl (C=O) groups is 3. The average Bonchev–Trinajstić information content (AvgIpc) is 3.71. The zero-order chi connectivity index (χ0) is 38.2. The molecular weight excluding hydrogens is 704 g/mol. The van der Waals surface area contributed by atoms with Crippen molar-refractivity contribution in [2.75, 3.05) is 19.6 Å². The number of likely N-dealkylation sites (tertiary alicyclic amines) is 1. The van der Waals surface area contributed by atoms with Gasteiger partial charge >= 0.3 is 5.97 Å². The third-order valence-electron chi connectivity index (χ3n) is 11.9. The van der Waals surface area contributed by atoms with E-state index in [0.29, 0.717) is 43.9 Å². The van der Waals surface area contributed by atoms with E-state index in [1.165, 1.54) is 19.1 Å². The number of amides is 2. The normalized spacial score (nSPS) is 24.9. The van der Waals surface area contributed by atoms with Gasteiger partial charge in [-0.05, 0) is 110 Å². The maximum absolute atomic E-state index is 15.4. The Hall–Kier alpha value is -2.86. The van der Waals surface area contributed by atoms with Gasteiger partial charge in [0.25, 0.3) is 0 Å². The van der Waals surface area contributed by atoms with E-state index in [2.05, 4.69) is 50.6 Å². The summed E-state index contributed by atoms with van der Waals surface area (Å²) in [7, 11) is -2.38. The fourth-order valence-corrected chi connectivity index (χ4v) is 9.63. The quantitative estimate of drug-likeness (QED) is 0.187. The van der Waals surface area contributed by atoms with Crippen molar-refractivity contribution in [3.63, 3.8) is 0 Å². The second kappa shape index (κ2) is 15.9. The number of esters is 1. The third-order valence-corrected chi connectivity index (χ3v) is 16.8. The molecule has 5 atom stereocenters. The second-order valence-electron chi connectivity index (χ2n) is 16.6. The van der Waals surface area contributed by atoms with Gasteiger partial charge in [0, 0.05) is 49.4 Å². The smallest absolute Gasteiger partial charge is 0.353 e. The minimum absolute atomic E-state index is 0.101. The van der Waals surface area contributed by atoms with Crippen LogP contribution in [-0.2, 0) is 23.5 Å². The summed E-state index contributed by atoms with van der Waals surface area (Å²) in [5, 5.41) is 6.90. The summed E-state index contributed by atoms with van der Waals surface area (Å²) in [6.45, 7) is 17.7. The lowest BCUT2D eigenvalue weighted by Gasteiger charge is -2.43. The highest BCUT2D eigenvalue weighted by molar-refractivity contribution is 6.74. The Bertz CT molecular complexity index is 1650. The SMILES string of the molecule is CC[C@H](NC(C)=O)c1cc(C)c(Cl)cc1C1CCN(C(=O)[C@@H]2CC(OC(=O)[C@]3(O[Si](C)(C)C(C)(C)C)CCCN3)C[C@H]2c2ccc(F)cc2F)CC1. The maximum Gasteiger partial charge on any atom is 0.353 e. The molecule has 3 fully saturated rings. The Morgan fingerprint density at radius 3 is 2.37 bits per heavy atom. The first kappa shape index (κ1) is 40.3. The monoisotopic (exact) mass is 759 g/mol. The minimum atomic E-state index is -2.38. The largest absolute Gasteiger partial charge is 0.459 e. The van der Waals surface area contributed by atoms with Crippen LogP contribution in [0.5, 0.6) is 0 Å². The van der Waals surface area contributed by atoms with Crippen LogP contribution < -0.4 is 10.6 Å². The first-order valence-electron chi connectivity index (χ1n) is 18.8. The number of ether oxygens (including phenoxy) is 1. The molecule has 1 aliphatic carbocycles. The zero-order valence-electron chi connectivity index (χ0n) is 32.0. The molecule has 5 rings (SSSR count). The predicted octanol–water partition coefficient (Wildman–Crippen LogP) is 8.43. The third kappa shape index (κ3) is 8.58. The first-order chi connectivity index (χ1) is 24.4. The standard InChI is InChI=1S/C40H56ClF2N3O5Si/c1-9-36(45-25(3)47)32-19-24(2)34(41)23-30(32)26-13-17-46(18-14-26)37(48)33-22-28(21-31(33)29-12-11-27(42)20-35(29)43)50-38(49)40(15-10-16-44-40)51-52(7,8)39(4,5)6/h11-12,19-20,23,26,28,31,33,36,44H,9-10,13-18,21-22H2,1-8H3,(H,45,47)/t28?,31-,33+,36-,40+/m0/s1. The van der Waals surface area contributed by atoms with Crippen LogP contribution in [0.3, 0.4) is 0 Å². The van der Waals surface area contributed by atoms with Gasteiger partial charge in [0.2, 0.25) is 17.5 Å². The molecule has 2 heterocycles. The van der Waals surface area contributed by atoms with Gasteiger partial charge in [-0.1, -0.05) is 51.4 Å². The predicted molar refractivity (Wildman–Crippen MR) is 202 cm³/mol. The summed E-state index contributed by atoms with van der Waals surface area (Å²) in [6.07, 6.45) is 3.17. The number of nitrogens with zero attached hydrogens (tertiary/aromatic N) is 1. The molecular formula is C40H56ClF2N3O5Si. The topological polar surface area (TPSA) is 97.0 Å². The summed E-state index contributed by atoms with van der Waals surface area (Å²) in [4.78, 5) is 42.2. The van der Waals surface area contributed by atoms with Gasteiger partial charge in [-0.3, -0.25) is 14.9 Å². The molecule has 0 aromatic heterocycles. The molecule has 8 nitrogen and oxygen atoms in total. The van der Waals surface area contributed by atoms with Crippen molar-refractivity contribution in [3.8, 4) is 0 Å². The van der Waals surface area contributed by atoms with Crippen molar-refractivity contribution in [2.45, 2.75) is 134 Å². The van der Waals surface area contributed by atoms with Crippen LogP contribution >= 0.6 is 11.6 Å². The van der Waals surface area contributed by atoms with E-state index in [0.717, 1.165) is 35.6 Å². The molecule has 286 valence electrons. The summed E-state index contributed by atoms with van der Waals surface area (Å²) in [6, 6.07) is 7.38. The number of halogens is 3. The van der Waals surface area contributed by atoms with Crippen LogP contribution in [0.4, 0.5) is 8.78 Å². The van der Waals surface area contributed by atoms with E-state index in [1.54, 1.807) is 0 Å². The summed E-state index contributed by atoms with van der Waals surface area (Å²) in [5.74, 6) is -3.25. The summed E-state index contributed by atoms with van der Waals surface area (Å²) < 4.78 is 42.3. The molecule has 2 saturated heterocycles. The van der Waals surface area contributed by atoms with Crippen LogP contribution in [-0.4, -0.2) is 62.5 Å². The van der Waals surface area contributed by atoms with Crippen molar-refractivity contribution < 1.29 is 32.3 Å². The fourth-order valence-electron chi connectivity index (χ4n) is 8.03. The highest BCUT2D eigenvalue weighted by Gasteiger charge is 2.53. The van der Waals surface area contributed by atoms with E-state index in [1.807, 2.05) is 24.8 Å². The van der Waals surface area contributed by atoms with Crippen molar-refractivity contribution in [3.05, 3.63) is 69.2 Å². The molecule has 1 unspecified atom stereocenters. The summed E-state index contributed by atoms with van der Waals surface area (Å²) >= 11 is 6.62. The van der Waals surface area contributed by atoms with Crippen molar-refractivity contribution in [2.24, 2.45) is 5.92 Å². The second-order valence-corrected chi connectivity index (χ2v) is 21.7.